The second-order valence-corrected chi connectivity index (χ2v) is 4.80. The van der Waals surface area contributed by atoms with E-state index >= 15 is 0 Å². The summed E-state index contributed by atoms with van der Waals surface area (Å²) < 4.78 is 4.80. The smallest absolute Gasteiger partial charge is 0.334 e. The summed E-state index contributed by atoms with van der Waals surface area (Å²) in [6.45, 7) is 0. The van der Waals surface area contributed by atoms with Gasteiger partial charge in [0, 0.05) is 17.6 Å². The Hall–Kier alpha value is -2.42. The minimum Gasteiger partial charge on any atom is -0.466 e. The molecule has 0 spiro atoms. The highest BCUT2D eigenvalue weighted by Crippen LogP contribution is 2.35. The largest absolute Gasteiger partial charge is 0.466 e. The highest BCUT2D eigenvalue weighted by Gasteiger charge is 2.29. The van der Waals surface area contributed by atoms with Crippen LogP contribution in [0.1, 0.15) is 18.4 Å². The van der Waals surface area contributed by atoms with Crippen molar-refractivity contribution in [2.75, 3.05) is 7.11 Å². The van der Waals surface area contributed by atoms with Crippen molar-refractivity contribution in [2.24, 2.45) is 0 Å². The third kappa shape index (κ3) is 1.92. The van der Waals surface area contributed by atoms with Crippen molar-refractivity contribution in [3.05, 3.63) is 53.6 Å². The van der Waals surface area contributed by atoms with Gasteiger partial charge in [-0.15, -0.1) is 0 Å². The van der Waals surface area contributed by atoms with Crippen LogP contribution < -0.4 is 0 Å². The average Bonchev–Trinajstić information content (AvgIpc) is 2.87. The zero-order valence-electron chi connectivity index (χ0n) is 11.2. The lowest BCUT2D eigenvalue weighted by molar-refractivity contribution is -0.136. The van der Waals surface area contributed by atoms with Crippen LogP contribution in [0.4, 0.5) is 0 Å². The Kier molecular flexibility index (Phi) is 3.11. The lowest BCUT2D eigenvalue weighted by atomic mass is 9.95. The van der Waals surface area contributed by atoms with Crippen molar-refractivity contribution in [3.63, 3.8) is 0 Å². The van der Waals surface area contributed by atoms with E-state index in [0.29, 0.717) is 24.0 Å². The van der Waals surface area contributed by atoms with Crippen LogP contribution >= 0.6 is 0 Å². The van der Waals surface area contributed by atoms with Gasteiger partial charge in [0.05, 0.1) is 7.11 Å². The summed E-state index contributed by atoms with van der Waals surface area (Å²) in [6, 6.07) is 13.7. The molecule has 0 saturated carbocycles. The molecule has 0 N–H and O–H groups in total. The molecule has 0 atom stereocenters. The molecule has 0 bridgehead atoms. The molecule has 0 unspecified atom stereocenters. The van der Waals surface area contributed by atoms with Crippen LogP contribution in [0.3, 0.4) is 0 Å². The fourth-order valence-electron chi connectivity index (χ4n) is 2.74. The van der Waals surface area contributed by atoms with E-state index in [-0.39, 0.29) is 5.78 Å². The molecule has 0 aliphatic heterocycles. The SMILES string of the molecule is COC(=O)C1=C(c2cccc3ccccc23)C(=O)CC1. The number of methoxy groups -OCH3 is 1. The van der Waals surface area contributed by atoms with Gasteiger partial charge in [-0.1, -0.05) is 42.5 Å². The van der Waals surface area contributed by atoms with E-state index in [9.17, 15) is 9.59 Å². The predicted octanol–water partition coefficient (Wildman–Crippen LogP) is 3.13. The van der Waals surface area contributed by atoms with Gasteiger partial charge in [-0.25, -0.2) is 4.79 Å². The van der Waals surface area contributed by atoms with E-state index in [4.69, 9.17) is 4.74 Å². The van der Waals surface area contributed by atoms with Crippen LogP contribution in [0.15, 0.2) is 48.0 Å². The van der Waals surface area contributed by atoms with E-state index in [0.717, 1.165) is 16.3 Å². The normalized spacial score (nSPS) is 14.9. The average molecular weight is 266 g/mol. The summed E-state index contributed by atoms with van der Waals surface area (Å²) >= 11 is 0. The van der Waals surface area contributed by atoms with Crippen LogP contribution in [-0.2, 0) is 14.3 Å². The first kappa shape index (κ1) is 12.6. The molecule has 2 aromatic carbocycles. The molecule has 0 amide bonds. The Morgan fingerprint density at radius 1 is 1.05 bits per heavy atom. The molecule has 0 fully saturated rings. The zero-order valence-corrected chi connectivity index (χ0v) is 11.2. The summed E-state index contributed by atoms with van der Waals surface area (Å²) in [6.07, 6.45) is 0.840. The molecule has 0 saturated heterocycles. The van der Waals surface area contributed by atoms with E-state index in [1.165, 1.54) is 7.11 Å². The number of ether oxygens (including phenoxy) is 1. The van der Waals surface area contributed by atoms with Crippen molar-refractivity contribution in [3.8, 4) is 0 Å². The molecule has 0 heterocycles. The number of ketones is 1. The Morgan fingerprint density at radius 2 is 1.80 bits per heavy atom. The van der Waals surface area contributed by atoms with Gasteiger partial charge >= 0.3 is 5.97 Å². The number of hydrogen-bond acceptors (Lipinski definition) is 3. The maximum atomic E-state index is 12.2. The minimum absolute atomic E-state index is 0.0155. The lowest BCUT2D eigenvalue weighted by Crippen LogP contribution is -2.05. The van der Waals surface area contributed by atoms with Crippen LogP contribution in [0, 0.1) is 0 Å². The zero-order chi connectivity index (χ0) is 14.1. The van der Waals surface area contributed by atoms with Gasteiger partial charge in [-0.3, -0.25) is 4.79 Å². The quantitative estimate of drug-likeness (QED) is 0.784. The van der Waals surface area contributed by atoms with E-state index in [1.807, 2.05) is 42.5 Å². The van der Waals surface area contributed by atoms with E-state index in [2.05, 4.69) is 0 Å². The topological polar surface area (TPSA) is 43.4 Å². The molecule has 20 heavy (non-hydrogen) atoms. The van der Waals surface area contributed by atoms with Crippen LogP contribution in [0.25, 0.3) is 16.3 Å². The molecule has 2 aromatic rings. The number of fused-ring (bicyclic) bond motifs is 1. The van der Waals surface area contributed by atoms with Crippen molar-refractivity contribution in [2.45, 2.75) is 12.8 Å². The summed E-state index contributed by atoms with van der Waals surface area (Å²) in [5, 5.41) is 2.04. The molecule has 3 heteroatoms. The second-order valence-electron chi connectivity index (χ2n) is 4.80. The summed E-state index contributed by atoms with van der Waals surface area (Å²) in [4.78, 5) is 24.0. The highest BCUT2D eigenvalue weighted by atomic mass is 16.5. The summed E-state index contributed by atoms with van der Waals surface area (Å²) in [5.74, 6) is -0.388. The van der Waals surface area contributed by atoms with Crippen molar-refractivity contribution >= 4 is 28.1 Å². The maximum absolute atomic E-state index is 12.2. The Bertz CT molecular complexity index is 735. The number of esters is 1. The first-order valence-corrected chi connectivity index (χ1v) is 6.55. The molecule has 1 aliphatic carbocycles. The third-order valence-corrected chi connectivity index (χ3v) is 3.67. The summed E-state index contributed by atoms with van der Waals surface area (Å²) in [5.41, 5.74) is 1.84. The van der Waals surface area contributed by atoms with Gasteiger partial charge in [0.25, 0.3) is 0 Å². The van der Waals surface area contributed by atoms with Gasteiger partial charge in [-0.05, 0) is 22.8 Å². The minimum atomic E-state index is -0.404. The number of carbonyl (C=O) groups excluding carboxylic acids is 2. The first-order valence-electron chi connectivity index (χ1n) is 6.55. The molecule has 100 valence electrons. The number of Topliss-reactive ketones (excluding diaryl/α,β-unsaturated/α-hetero) is 1. The number of rotatable bonds is 2. The second kappa shape index (κ2) is 4.93. The predicted molar refractivity (Wildman–Crippen MR) is 77.1 cm³/mol. The number of carbonyl (C=O) groups is 2. The molecule has 0 aromatic heterocycles. The molecular formula is C17H14O3. The van der Waals surface area contributed by atoms with Crippen molar-refractivity contribution in [1.82, 2.24) is 0 Å². The van der Waals surface area contributed by atoms with Crippen LogP contribution in [0.2, 0.25) is 0 Å². The lowest BCUT2D eigenvalue weighted by Gasteiger charge is -2.09. The van der Waals surface area contributed by atoms with Gasteiger partial charge < -0.3 is 4.74 Å². The Morgan fingerprint density at radius 3 is 2.60 bits per heavy atom. The number of allylic oxidation sites excluding steroid dienone is 1. The molecule has 1 aliphatic rings. The molecular weight excluding hydrogens is 252 g/mol. The monoisotopic (exact) mass is 266 g/mol. The fraction of sp³-hybridized carbons (Fsp3) is 0.176. The van der Waals surface area contributed by atoms with Crippen molar-refractivity contribution in [1.29, 1.82) is 0 Å². The highest BCUT2D eigenvalue weighted by molar-refractivity contribution is 6.30. The van der Waals surface area contributed by atoms with E-state index in [1.54, 1.807) is 0 Å². The van der Waals surface area contributed by atoms with Gasteiger partial charge in [0.1, 0.15) is 0 Å². The van der Waals surface area contributed by atoms with Crippen LogP contribution in [-0.4, -0.2) is 18.9 Å². The van der Waals surface area contributed by atoms with Gasteiger partial charge in [-0.2, -0.15) is 0 Å². The first-order chi connectivity index (χ1) is 9.72. The van der Waals surface area contributed by atoms with Gasteiger partial charge in [0.15, 0.2) is 5.78 Å². The van der Waals surface area contributed by atoms with E-state index < -0.39 is 5.97 Å². The molecule has 3 nitrogen and oxygen atoms in total. The van der Waals surface area contributed by atoms with Crippen molar-refractivity contribution < 1.29 is 14.3 Å². The summed E-state index contributed by atoms with van der Waals surface area (Å²) in [7, 11) is 1.35. The number of benzene rings is 2. The maximum Gasteiger partial charge on any atom is 0.334 e. The number of hydrogen-bond donors (Lipinski definition) is 0. The Labute approximate surface area is 116 Å². The third-order valence-electron chi connectivity index (χ3n) is 3.67. The molecule has 0 radical (unpaired) electrons. The fourth-order valence-corrected chi connectivity index (χ4v) is 2.74. The Balaban J connectivity index is 2.28. The molecule has 3 rings (SSSR count). The van der Waals surface area contributed by atoms with Gasteiger partial charge in [0.2, 0.25) is 0 Å². The van der Waals surface area contributed by atoms with Crippen LogP contribution in [0.5, 0.6) is 0 Å². The standard InChI is InChI=1S/C17H14O3/c1-20-17(19)14-9-10-15(18)16(14)13-8-4-6-11-5-2-3-7-12(11)13/h2-8H,9-10H2,1H3.